The van der Waals surface area contributed by atoms with E-state index in [-0.39, 0.29) is 12.1 Å². The molecule has 7 nitrogen and oxygen atoms in total. The fourth-order valence-electron chi connectivity index (χ4n) is 3.52. The van der Waals surface area contributed by atoms with Crippen LogP contribution < -0.4 is 11.0 Å². The fourth-order valence-corrected chi connectivity index (χ4v) is 3.52. The van der Waals surface area contributed by atoms with E-state index in [9.17, 15) is 9.59 Å². The molecule has 4 rings (SSSR count). The minimum atomic E-state index is -0.824. The fraction of sp³-hybridized carbons (Fsp3) is 0.286. The van der Waals surface area contributed by atoms with E-state index in [1.54, 1.807) is 16.7 Å². The number of benzene rings is 2. The van der Waals surface area contributed by atoms with E-state index in [0.29, 0.717) is 12.1 Å². The van der Waals surface area contributed by atoms with Crippen molar-refractivity contribution < 1.29 is 9.90 Å². The molecule has 0 aliphatic carbocycles. The lowest BCUT2D eigenvalue weighted by atomic mass is 10.0. The minimum absolute atomic E-state index is 0.0851. The van der Waals surface area contributed by atoms with E-state index in [2.05, 4.69) is 22.5 Å². The lowest BCUT2D eigenvalue weighted by molar-refractivity contribution is -0.136. The average molecular weight is 378 g/mol. The summed E-state index contributed by atoms with van der Waals surface area (Å²) in [7, 11) is 0. The van der Waals surface area contributed by atoms with Gasteiger partial charge in [-0.1, -0.05) is 18.2 Å². The summed E-state index contributed by atoms with van der Waals surface area (Å²) in [6.07, 6.45) is 4.03. The van der Waals surface area contributed by atoms with Crippen molar-refractivity contribution >= 4 is 5.97 Å². The molecule has 0 amide bonds. The number of hydrogen-bond acceptors (Lipinski definition) is 4. The summed E-state index contributed by atoms with van der Waals surface area (Å²) < 4.78 is 2.91. The van der Waals surface area contributed by atoms with Crippen LogP contribution in [0.15, 0.2) is 53.6 Å². The lowest BCUT2D eigenvalue weighted by Crippen LogP contribution is -2.22. The molecule has 2 N–H and O–H groups in total. The van der Waals surface area contributed by atoms with Crippen molar-refractivity contribution in [3.63, 3.8) is 0 Å². The molecule has 144 valence electrons. The van der Waals surface area contributed by atoms with Crippen LogP contribution in [-0.2, 0) is 24.1 Å². The minimum Gasteiger partial charge on any atom is -0.481 e. The van der Waals surface area contributed by atoms with Crippen LogP contribution in [0.4, 0.5) is 0 Å². The summed E-state index contributed by atoms with van der Waals surface area (Å²) in [6.45, 7) is 1.92. The molecule has 3 aromatic rings. The zero-order valence-corrected chi connectivity index (χ0v) is 15.5. The molecule has 0 fully saturated rings. The first-order valence-electron chi connectivity index (χ1n) is 9.42. The zero-order chi connectivity index (χ0) is 19.5. The van der Waals surface area contributed by atoms with Crippen molar-refractivity contribution in [1.29, 1.82) is 0 Å². The highest BCUT2D eigenvalue weighted by molar-refractivity contribution is 5.67. The number of aliphatic carboxylic acids is 1. The molecule has 0 radical (unpaired) electrons. The van der Waals surface area contributed by atoms with Gasteiger partial charge in [-0.05, 0) is 73.3 Å². The standard InChI is InChI=1S/C21H22N4O3/c26-20(27)8-3-15-1-5-18(6-2-15)25-21(28)24(14-23-25)19-7-4-16-9-11-22-12-10-17(16)13-19/h1-2,4-7,13-14,22H,3,8-12H2,(H,26,27). The second-order valence-corrected chi connectivity index (χ2v) is 6.96. The first kappa shape index (κ1) is 18.2. The highest BCUT2D eigenvalue weighted by atomic mass is 16.4. The maximum absolute atomic E-state index is 12.9. The largest absolute Gasteiger partial charge is 0.481 e. The number of carboxylic acids is 1. The molecule has 0 saturated heterocycles. The van der Waals surface area contributed by atoms with Gasteiger partial charge in [0.25, 0.3) is 0 Å². The normalized spacial score (nSPS) is 13.7. The molecular weight excluding hydrogens is 356 g/mol. The Morgan fingerprint density at radius 2 is 1.75 bits per heavy atom. The van der Waals surface area contributed by atoms with Crippen molar-refractivity contribution in [3.8, 4) is 11.4 Å². The van der Waals surface area contributed by atoms with E-state index < -0.39 is 5.97 Å². The summed E-state index contributed by atoms with van der Waals surface area (Å²) in [4.78, 5) is 23.6. The van der Waals surface area contributed by atoms with Gasteiger partial charge in [-0.15, -0.1) is 0 Å². The Hall–Kier alpha value is -3.19. The van der Waals surface area contributed by atoms with Crippen LogP contribution in [0.5, 0.6) is 0 Å². The second-order valence-electron chi connectivity index (χ2n) is 6.96. The monoisotopic (exact) mass is 378 g/mol. The van der Waals surface area contributed by atoms with Crippen molar-refractivity contribution in [3.05, 3.63) is 76.0 Å². The third kappa shape index (κ3) is 3.75. The van der Waals surface area contributed by atoms with Gasteiger partial charge in [0.15, 0.2) is 0 Å². The van der Waals surface area contributed by atoms with Gasteiger partial charge < -0.3 is 10.4 Å². The van der Waals surface area contributed by atoms with Crippen LogP contribution in [0.3, 0.4) is 0 Å². The molecule has 7 heteroatoms. The second kappa shape index (κ2) is 7.82. The van der Waals surface area contributed by atoms with Crippen LogP contribution in [0.25, 0.3) is 11.4 Å². The van der Waals surface area contributed by atoms with Crippen molar-refractivity contribution in [2.75, 3.05) is 13.1 Å². The molecular formula is C21H22N4O3. The maximum atomic E-state index is 12.9. The molecule has 0 atom stereocenters. The summed E-state index contributed by atoms with van der Waals surface area (Å²) in [5, 5.41) is 16.4. The van der Waals surface area contributed by atoms with Crippen molar-refractivity contribution in [2.45, 2.75) is 25.7 Å². The van der Waals surface area contributed by atoms with E-state index >= 15 is 0 Å². The Morgan fingerprint density at radius 3 is 2.50 bits per heavy atom. The molecule has 0 bridgehead atoms. The Morgan fingerprint density at radius 1 is 1.04 bits per heavy atom. The number of nitrogens with zero attached hydrogens (tertiary/aromatic N) is 3. The van der Waals surface area contributed by atoms with Crippen molar-refractivity contribution in [1.82, 2.24) is 19.7 Å². The molecule has 28 heavy (non-hydrogen) atoms. The van der Waals surface area contributed by atoms with Gasteiger partial charge >= 0.3 is 11.7 Å². The molecule has 1 aromatic heterocycles. The van der Waals surface area contributed by atoms with Gasteiger partial charge in [0.1, 0.15) is 6.33 Å². The SMILES string of the molecule is O=C(O)CCc1ccc(-n2ncn(-c3ccc4c(c3)CCNCC4)c2=O)cc1. The Bertz CT molecular complexity index is 1050. The topological polar surface area (TPSA) is 89.2 Å². The third-order valence-corrected chi connectivity index (χ3v) is 5.09. The highest BCUT2D eigenvalue weighted by Crippen LogP contribution is 2.17. The van der Waals surface area contributed by atoms with Crippen molar-refractivity contribution in [2.24, 2.45) is 0 Å². The maximum Gasteiger partial charge on any atom is 0.355 e. The molecule has 2 aromatic carbocycles. The van der Waals surface area contributed by atoms with Gasteiger partial charge in [0, 0.05) is 6.42 Å². The number of carbonyl (C=O) groups is 1. The van der Waals surface area contributed by atoms with E-state index in [1.807, 2.05) is 18.2 Å². The summed E-state index contributed by atoms with van der Waals surface area (Å²) in [5.41, 5.74) is 4.75. The Labute approximate surface area is 162 Å². The van der Waals surface area contributed by atoms with Crippen LogP contribution in [0.1, 0.15) is 23.1 Å². The van der Waals surface area contributed by atoms with Gasteiger partial charge in [-0.3, -0.25) is 4.79 Å². The Kier molecular flexibility index (Phi) is 5.08. The van der Waals surface area contributed by atoms with Crippen LogP contribution in [0, 0.1) is 0 Å². The molecule has 1 aliphatic heterocycles. The first-order chi connectivity index (χ1) is 13.6. The molecule has 0 saturated carbocycles. The molecule has 0 unspecified atom stereocenters. The molecule has 1 aliphatic rings. The van der Waals surface area contributed by atoms with E-state index in [4.69, 9.17) is 5.11 Å². The summed E-state index contributed by atoms with van der Waals surface area (Å²) >= 11 is 0. The van der Waals surface area contributed by atoms with E-state index in [0.717, 1.165) is 37.2 Å². The van der Waals surface area contributed by atoms with E-state index in [1.165, 1.54) is 22.1 Å². The first-order valence-corrected chi connectivity index (χ1v) is 9.42. The van der Waals surface area contributed by atoms with Gasteiger partial charge in [-0.2, -0.15) is 9.78 Å². The van der Waals surface area contributed by atoms with Gasteiger partial charge in [0.05, 0.1) is 11.4 Å². The number of aromatic nitrogens is 3. The lowest BCUT2D eigenvalue weighted by Gasteiger charge is -2.08. The van der Waals surface area contributed by atoms with Gasteiger partial charge in [0.2, 0.25) is 0 Å². The molecule has 0 spiro atoms. The number of carboxylic acid groups (broad SMARTS) is 1. The predicted molar refractivity (Wildman–Crippen MR) is 105 cm³/mol. The number of rotatable bonds is 5. The number of nitrogens with one attached hydrogen (secondary N) is 1. The van der Waals surface area contributed by atoms with Crippen LogP contribution in [0.2, 0.25) is 0 Å². The molecule has 2 heterocycles. The van der Waals surface area contributed by atoms with Crippen LogP contribution >= 0.6 is 0 Å². The quantitative estimate of drug-likeness (QED) is 0.706. The van der Waals surface area contributed by atoms with Gasteiger partial charge in [-0.25, -0.2) is 9.36 Å². The summed E-state index contributed by atoms with van der Waals surface area (Å²) in [6, 6.07) is 13.4. The smallest absolute Gasteiger partial charge is 0.355 e. The average Bonchev–Trinajstić information content (AvgIpc) is 2.93. The van der Waals surface area contributed by atoms with Crippen LogP contribution in [-0.4, -0.2) is 38.5 Å². The number of aryl methyl sites for hydroxylation is 1. The predicted octanol–water partition coefficient (Wildman–Crippen LogP) is 1.73. The zero-order valence-electron chi connectivity index (χ0n) is 15.5. The number of hydrogen-bond donors (Lipinski definition) is 2. The third-order valence-electron chi connectivity index (χ3n) is 5.09. The highest BCUT2D eigenvalue weighted by Gasteiger charge is 2.12. The summed E-state index contributed by atoms with van der Waals surface area (Å²) in [5.74, 6) is -0.824. The number of fused-ring (bicyclic) bond motifs is 1. The Balaban J connectivity index is 1.60.